The zero-order valence-corrected chi connectivity index (χ0v) is 16.4. The third-order valence-corrected chi connectivity index (χ3v) is 4.61. The fourth-order valence-corrected chi connectivity index (χ4v) is 2.85. The van der Waals surface area contributed by atoms with Crippen LogP contribution in [-0.2, 0) is 6.61 Å². The van der Waals surface area contributed by atoms with Crippen LogP contribution in [-0.4, -0.2) is 31.0 Å². The van der Waals surface area contributed by atoms with Crippen molar-refractivity contribution in [3.05, 3.63) is 95.0 Å². The minimum atomic E-state index is -0.119. The minimum absolute atomic E-state index is 0.119. The van der Waals surface area contributed by atoms with Gasteiger partial charge in [0.25, 0.3) is 5.91 Å². The van der Waals surface area contributed by atoms with Gasteiger partial charge in [0, 0.05) is 17.6 Å². The third kappa shape index (κ3) is 5.27. The van der Waals surface area contributed by atoms with Crippen molar-refractivity contribution in [2.45, 2.75) is 6.61 Å². The van der Waals surface area contributed by atoms with Crippen molar-refractivity contribution in [2.75, 3.05) is 20.2 Å². The lowest BCUT2D eigenvalue weighted by molar-refractivity contribution is 0.0769. The largest absolute Gasteiger partial charge is 0.492 e. The van der Waals surface area contributed by atoms with Gasteiger partial charge in [-0.1, -0.05) is 60.1 Å². The van der Waals surface area contributed by atoms with Crippen LogP contribution in [0.3, 0.4) is 0 Å². The van der Waals surface area contributed by atoms with E-state index in [1.807, 2.05) is 66.7 Å². The third-order valence-electron chi connectivity index (χ3n) is 4.24. The van der Waals surface area contributed by atoms with Crippen molar-refractivity contribution < 1.29 is 14.3 Å². The lowest BCUT2D eigenvalue weighted by atomic mass is 10.1. The summed E-state index contributed by atoms with van der Waals surface area (Å²) in [5.41, 5.74) is 1.38. The first-order chi connectivity index (χ1) is 13.6. The molecule has 0 aliphatic heterocycles. The number of rotatable bonds is 8. The summed E-state index contributed by atoms with van der Waals surface area (Å²) in [5, 5.41) is 0.640. The number of nitrogens with zero attached hydrogens (tertiary/aromatic N) is 1. The monoisotopic (exact) mass is 395 g/mol. The van der Waals surface area contributed by atoms with Crippen LogP contribution < -0.4 is 9.47 Å². The first-order valence-electron chi connectivity index (χ1n) is 9.03. The summed E-state index contributed by atoms with van der Waals surface area (Å²) >= 11 is 6.18. The van der Waals surface area contributed by atoms with E-state index < -0.39 is 0 Å². The standard InChI is InChI=1S/C23H22ClNO3/c1-25(15-16-27-19-10-3-2-4-11-19)23(26)20-12-6-8-14-22(20)28-17-18-9-5-7-13-21(18)24/h2-14H,15-17H2,1H3. The van der Waals surface area contributed by atoms with E-state index in [2.05, 4.69) is 0 Å². The van der Waals surface area contributed by atoms with Crippen molar-refractivity contribution in [2.24, 2.45) is 0 Å². The lowest BCUT2D eigenvalue weighted by Crippen LogP contribution is -2.31. The number of amides is 1. The molecule has 0 spiro atoms. The Morgan fingerprint density at radius 1 is 0.893 bits per heavy atom. The second kappa shape index (κ2) is 9.81. The van der Waals surface area contributed by atoms with Crippen LogP contribution in [0.1, 0.15) is 15.9 Å². The topological polar surface area (TPSA) is 38.8 Å². The van der Waals surface area contributed by atoms with Gasteiger partial charge in [0.1, 0.15) is 24.7 Å². The summed E-state index contributed by atoms with van der Waals surface area (Å²) in [6.45, 7) is 1.17. The molecule has 0 saturated heterocycles. The number of para-hydroxylation sites is 2. The first kappa shape index (κ1) is 19.8. The van der Waals surface area contributed by atoms with Crippen molar-refractivity contribution >= 4 is 17.5 Å². The van der Waals surface area contributed by atoms with Gasteiger partial charge in [-0.05, 0) is 30.3 Å². The summed E-state index contributed by atoms with van der Waals surface area (Å²) in [4.78, 5) is 14.5. The number of likely N-dealkylation sites (N-methyl/N-ethyl adjacent to an activating group) is 1. The molecule has 5 heteroatoms. The van der Waals surface area contributed by atoms with Crippen LogP contribution in [0.4, 0.5) is 0 Å². The SMILES string of the molecule is CN(CCOc1ccccc1)C(=O)c1ccccc1OCc1ccccc1Cl. The van der Waals surface area contributed by atoms with Gasteiger partial charge >= 0.3 is 0 Å². The second-order valence-electron chi connectivity index (χ2n) is 6.26. The van der Waals surface area contributed by atoms with E-state index in [1.54, 1.807) is 24.1 Å². The van der Waals surface area contributed by atoms with E-state index >= 15 is 0 Å². The number of halogens is 1. The van der Waals surface area contributed by atoms with Gasteiger partial charge in [0.15, 0.2) is 0 Å². The molecular formula is C23H22ClNO3. The highest BCUT2D eigenvalue weighted by atomic mass is 35.5. The van der Waals surface area contributed by atoms with Gasteiger partial charge in [0.2, 0.25) is 0 Å². The van der Waals surface area contributed by atoms with Gasteiger partial charge in [-0.2, -0.15) is 0 Å². The Balaban J connectivity index is 1.60. The molecule has 3 aromatic carbocycles. The average molecular weight is 396 g/mol. The van der Waals surface area contributed by atoms with E-state index in [9.17, 15) is 4.79 Å². The Morgan fingerprint density at radius 2 is 1.57 bits per heavy atom. The fraction of sp³-hybridized carbons (Fsp3) is 0.174. The highest BCUT2D eigenvalue weighted by Gasteiger charge is 2.17. The number of hydrogen-bond acceptors (Lipinski definition) is 3. The van der Waals surface area contributed by atoms with Crippen molar-refractivity contribution in [1.29, 1.82) is 0 Å². The zero-order valence-electron chi connectivity index (χ0n) is 15.7. The Bertz CT molecular complexity index is 914. The number of hydrogen-bond donors (Lipinski definition) is 0. The van der Waals surface area contributed by atoms with Gasteiger partial charge in [0.05, 0.1) is 12.1 Å². The molecule has 0 N–H and O–H groups in total. The fourth-order valence-electron chi connectivity index (χ4n) is 2.66. The maximum absolute atomic E-state index is 12.9. The second-order valence-corrected chi connectivity index (χ2v) is 6.67. The Hall–Kier alpha value is -2.98. The van der Waals surface area contributed by atoms with Crippen LogP contribution >= 0.6 is 11.6 Å². The molecule has 0 aliphatic carbocycles. The molecule has 3 rings (SSSR count). The molecule has 0 heterocycles. The van der Waals surface area contributed by atoms with Gasteiger partial charge in [-0.15, -0.1) is 0 Å². The van der Waals surface area contributed by atoms with Crippen molar-refractivity contribution in [3.63, 3.8) is 0 Å². The maximum Gasteiger partial charge on any atom is 0.257 e. The van der Waals surface area contributed by atoms with Gasteiger partial charge in [-0.3, -0.25) is 4.79 Å². The highest BCUT2D eigenvalue weighted by Crippen LogP contribution is 2.23. The molecule has 1 amide bonds. The molecule has 4 nitrogen and oxygen atoms in total. The van der Waals surface area contributed by atoms with E-state index in [0.717, 1.165) is 11.3 Å². The molecule has 0 aliphatic rings. The maximum atomic E-state index is 12.9. The molecule has 0 unspecified atom stereocenters. The summed E-state index contributed by atoms with van der Waals surface area (Å²) in [7, 11) is 1.75. The van der Waals surface area contributed by atoms with Gasteiger partial charge in [-0.25, -0.2) is 0 Å². The number of ether oxygens (including phenoxy) is 2. The normalized spacial score (nSPS) is 10.4. The molecule has 0 fully saturated rings. The van der Waals surface area contributed by atoms with Crippen LogP contribution in [0.2, 0.25) is 5.02 Å². The lowest BCUT2D eigenvalue weighted by Gasteiger charge is -2.19. The molecule has 3 aromatic rings. The van der Waals surface area contributed by atoms with E-state index in [1.165, 1.54) is 0 Å². The van der Waals surface area contributed by atoms with Crippen molar-refractivity contribution in [3.8, 4) is 11.5 Å². The Labute approximate surface area is 170 Å². The predicted molar refractivity (Wildman–Crippen MR) is 111 cm³/mol. The van der Waals surface area contributed by atoms with Gasteiger partial charge < -0.3 is 14.4 Å². The summed E-state index contributed by atoms with van der Waals surface area (Å²) in [5.74, 6) is 1.20. The van der Waals surface area contributed by atoms with Crippen LogP contribution in [0.25, 0.3) is 0 Å². The average Bonchev–Trinajstić information content (AvgIpc) is 2.73. The van der Waals surface area contributed by atoms with E-state index in [-0.39, 0.29) is 5.91 Å². The first-order valence-corrected chi connectivity index (χ1v) is 9.41. The predicted octanol–water partition coefficient (Wildman–Crippen LogP) is 5.07. The minimum Gasteiger partial charge on any atom is -0.492 e. The molecule has 0 radical (unpaired) electrons. The van der Waals surface area contributed by atoms with Crippen LogP contribution in [0.5, 0.6) is 11.5 Å². The Morgan fingerprint density at radius 3 is 2.36 bits per heavy atom. The quantitative estimate of drug-likeness (QED) is 0.534. The van der Waals surface area contributed by atoms with E-state index in [4.69, 9.17) is 21.1 Å². The molecule has 0 saturated carbocycles. The number of carbonyl (C=O) groups excluding carboxylic acids is 1. The smallest absolute Gasteiger partial charge is 0.257 e. The summed E-state index contributed by atoms with van der Waals surface area (Å²) < 4.78 is 11.6. The van der Waals surface area contributed by atoms with Crippen LogP contribution in [0, 0.1) is 0 Å². The highest BCUT2D eigenvalue weighted by molar-refractivity contribution is 6.31. The Kier molecular flexibility index (Phi) is 6.93. The molecule has 0 atom stereocenters. The zero-order chi connectivity index (χ0) is 19.8. The van der Waals surface area contributed by atoms with E-state index in [0.29, 0.717) is 36.1 Å². The molecule has 28 heavy (non-hydrogen) atoms. The molecule has 0 aromatic heterocycles. The number of benzene rings is 3. The summed E-state index contributed by atoms with van der Waals surface area (Å²) in [6.07, 6.45) is 0. The molecule has 0 bridgehead atoms. The summed E-state index contributed by atoms with van der Waals surface area (Å²) in [6, 6.07) is 24.3. The number of carbonyl (C=O) groups is 1. The molecule has 144 valence electrons. The van der Waals surface area contributed by atoms with Crippen molar-refractivity contribution in [1.82, 2.24) is 4.90 Å². The van der Waals surface area contributed by atoms with Crippen LogP contribution in [0.15, 0.2) is 78.9 Å². The molecular weight excluding hydrogens is 374 g/mol.